The highest BCUT2D eigenvalue weighted by atomic mass is 32.1. The van der Waals surface area contributed by atoms with Gasteiger partial charge in [0.25, 0.3) is 0 Å². The van der Waals surface area contributed by atoms with Crippen LogP contribution in [0.2, 0.25) is 0 Å². The first-order valence-electron chi connectivity index (χ1n) is 8.51. The molecule has 0 atom stereocenters. The fourth-order valence-corrected chi connectivity index (χ4v) is 3.58. The molecule has 0 fully saturated rings. The maximum atomic E-state index is 12.2. The Bertz CT molecular complexity index is 987. The molecule has 5 nitrogen and oxygen atoms in total. The van der Waals surface area contributed by atoms with Crippen molar-refractivity contribution in [3.8, 4) is 0 Å². The Hall–Kier alpha value is -2.99. The van der Waals surface area contributed by atoms with Crippen molar-refractivity contribution in [1.29, 1.82) is 0 Å². The van der Waals surface area contributed by atoms with Crippen molar-refractivity contribution in [2.24, 2.45) is 0 Å². The predicted molar refractivity (Wildman–Crippen MR) is 105 cm³/mol. The van der Waals surface area contributed by atoms with Gasteiger partial charge in [-0.15, -0.1) is 11.3 Å². The third kappa shape index (κ3) is 5.01. The van der Waals surface area contributed by atoms with Crippen molar-refractivity contribution in [1.82, 2.24) is 5.32 Å². The SMILES string of the molecule is CC(=O)NCc1ccc(C(=O)COC(=O)Cc2cccc3ccccc23)s1. The largest absolute Gasteiger partial charge is 0.457 e. The van der Waals surface area contributed by atoms with E-state index in [9.17, 15) is 14.4 Å². The van der Waals surface area contributed by atoms with E-state index in [0.717, 1.165) is 21.2 Å². The molecule has 0 aliphatic carbocycles. The molecule has 0 bridgehead atoms. The minimum Gasteiger partial charge on any atom is -0.457 e. The first-order valence-corrected chi connectivity index (χ1v) is 9.33. The second-order valence-electron chi connectivity index (χ2n) is 6.07. The van der Waals surface area contributed by atoms with Crippen LogP contribution in [-0.4, -0.2) is 24.3 Å². The lowest BCUT2D eigenvalue weighted by atomic mass is 10.0. The Balaban J connectivity index is 1.56. The van der Waals surface area contributed by atoms with Gasteiger partial charge in [-0.3, -0.25) is 14.4 Å². The fraction of sp³-hybridized carbons (Fsp3) is 0.190. The number of esters is 1. The molecule has 3 rings (SSSR count). The van der Waals surface area contributed by atoms with Gasteiger partial charge in [0.1, 0.15) is 0 Å². The molecule has 0 radical (unpaired) electrons. The summed E-state index contributed by atoms with van der Waals surface area (Å²) in [6.07, 6.45) is 0.118. The zero-order valence-corrected chi connectivity index (χ0v) is 15.7. The van der Waals surface area contributed by atoms with E-state index in [0.29, 0.717) is 11.4 Å². The smallest absolute Gasteiger partial charge is 0.310 e. The molecule has 27 heavy (non-hydrogen) atoms. The topological polar surface area (TPSA) is 72.5 Å². The van der Waals surface area contributed by atoms with Gasteiger partial charge in [0.15, 0.2) is 6.61 Å². The first-order chi connectivity index (χ1) is 13.0. The number of amides is 1. The van der Waals surface area contributed by atoms with Crippen LogP contribution in [-0.2, 0) is 27.3 Å². The molecule has 0 saturated carbocycles. The molecular weight excluding hydrogens is 362 g/mol. The number of fused-ring (bicyclic) bond motifs is 1. The summed E-state index contributed by atoms with van der Waals surface area (Å²) in [7, 11) is 0. The maximum absolute atomic E-state index is 12.2. The summed E-state index contributed by atoms with van der Waals surface area (Å²) in [6, 6.07) is 17.1. The van der Waals surface area contributed by atoms with Crippen molar-refractivity contribution in [2.75, 3.05) is 6.61 Å². The number of Topliss-reactive ketones (excluding diaryl/α,β-unsaturated/α-hetero) is 1. The van der Waals surface area contributed by atoms with Crippen molar-refractivity contribution in [2.45, 2.75) is 19.9 Å². The van der Waals surface area contributed by atoms with Crippen LogP contribution in [0, 0.1) is 0 Å². The van der Waals surface area contributed by atoms with Crippen LogP contribution < -0.4 is 5.32 Å². The summed E-state index contributed by atoms with van der Waals surface area (Å²) >= 11 is 1.28. The molecule has 1 amide bonds. The molecule has 6 heteroatoms. The maximum Gasteiger partial charge on any atom is 0.310 e. The molecule has 0 saturated heterocycles. The first kappa shape index (κ1) is 18.8. The quantitative estimate of drug-likeness (QED) is 0.502. The minimum absolute atomic E-state index is 0.118. The summed E-state index contributed by atoms with van der Waals surface area (Å²) in [6.45, 7) is 1.53. The van der Waals surface area contributed by atoms with E-state index < -0.39 is 5.97 Å². The van der Waals surface area contributed by atoms with Gasteiger partial charge >= 0.3 is 5.97 Å². The highest BCUT2D eigenvalue weighted by Gasteiger charge is 2.14. The minimum atomic E-state index is -0.435. The molecule has 1 N–H and O–H groups in total. The third-order valence-corrected chi connectivity index (χ3v) is 5.15. The number of carbonyl (C=O) groups is 3. The van der Waals surface area contributed by atoms with Crippen LogP contribution in [0.4, 0.5) is 0 Å². The highest BCUT2D eigenvalue weighted by Crippen LogP contribution is 2.20. The van der Waals surface area contributed by atoms with E-state index in [-0.39, 0.29) is 24.7 Å². The van der Waals surface area contributed by atoms with Crippen LogP contribution in [0.3, 0.4) is 0 Å². The summed E-state index contributed by atoms with van der Waals surface area (Å²) < 4.78 is 5.17. The lowest BCUT2D eigenvalue weighted by Crippen LogP contribution is -2.18. The highest BCUT2D eigenvalue weighted by molar-refractivity contribution is 7.14. The van der Waals surface area contributed by atoms with Gasteiger partial charge in [0, 0.05) is 11.8 Å². The van der Waals surface area contributed by atoms with Gasteiger partial charge in [0.2, 0.25) is 11.7 Å². The number of rotatable bonds is 7. The molecule has 138 valence electrons. The number of hydrogen-bond acceptors (Lipinski definition) is 5. The number of benzene rings is 2. The number of ketones is 1. The molecule has 2 aromatic carbocycles. The van der Waals surface area contributed by atoms with E-state index in [1.54, 1.807) is 12.1 Å². The lowest BCUT2D eigenvalue weighted by molar-refractivity contribution is -0.141. The standard InChI is InChI=1S/C21H19NO4S/c1-14(23)22-12-17-9-10-20(27-17)19(24)13-26-21(25)11-16-7-4-6-15-5-2-3-8-18(15)16/h2-10H,11-13H2,1H3,(H,22,23). The Morgan fingerprint density at radius 3 is 2.59 bits per heavy atom. The van der Waals surface area contributed by atoms with Crippen LogP contribution in [0.1, 0.15) is 27.0 Å². The molecule has 0 aliphatic heterocycles. The molecule has 0 spiro atoms. The molecular formula is C21H19NO4S. The number of nitrogens with one attached hydrogen (secondary N) is 1. The average Bonchev–Trinajstić information content (AvgIpc) is 3.14. The molecule has 1 heterocycles. The Labute approximate surface area is 161 Å². The van der Waals surface area contributed by atoms with Gasteiger partial charge in [0.05, 0.1) is 17.8 Å². The van der Waals surface area contributed by atoms with Crippen molar-refractivity contribution in [3.05, 3.63) is 69.9 Å². The molecule has 3 aromatic rings. The summed E-state index contributed by atoms with van der Waals surface area (Å²) in [5, 5.41) is 4.74. The van der Waals surface area contributed by atoms with Crippen molar-refractivity contribution >= 4 is 39.8 Å². The second kappa shape index (κ2) is 8.60. The van der Waals surface area contributed by atoms with Gasteiger partial charge < -0.3 is 10.1 Å². The third-order valence-electron chi connectivity index (χ3n) is 4.03. The Kier molecular flexibility index (Phi) is 5.98. The normalized spacial score (nSPS) is 10.6. The summed E-state index contributed by atoms with van der Waals surface area (Å²) in [5.41, 5.74) is 0.874. The van der Waals surface area contributed by atoms with Gasteiger partial charge in [-0.05, 0) is 28.5 Å². The number of hydrogen-bond donors (Lipinski definition) is 1. The van der Waals surface area contributed by atoms with E-state index in [2.05, 4.69) is 5.32 Å². The number of ether oxygens (including phenoxy) is 1. The van der Waals surface area contributed by atoms with Crippen molar-refractivity contribution < 1.29 is 19.1 Å². The molecule has 0 unspecified atom stereocenters. The second-order valence-corrected chi connectivity index (χ2v) is 7.24. The van der Waals surface area contributed by atoms with Gasteiger partial charge in [-0.25, -0.2) is 0 Å². The number of carbonyl (C=O) groups excluding carboxylic acids is 3. The van der Waals surface area contributed by atoms with Crippen LogP contribution in [0.5, 0.6) is 0 Å². The van der Waals surface area contributed by atoms with E-state index in [4.69, 9.17) is 4.74 Å². The Morgan fingerprint density at radius 2 is 1.78 bits per heavy atom. The van der Waals surface area contributed by atoms with Gasteiger partial charge in [-0.2, -0.15) is 0 Å². The monoisotopic (exact) mass is 381 g/mol. The number of thiophene rings is 1. The molecule has 1 aromatic heterocycles. The van der Waals surface area contributed by atoms with Crippen LogP contribution in [0.15, 0.2) is 54.6 Å². The average molecular weight is 381 g/mol. The zero-order chi connectivity index (χ0) is 19.2. The van der Waals surface area contributed by atoms with Crippen LogP contribution in [0.25, 0.3) is 10.8 Å². The van der Waals surface area contributed by atoms with E-state index >= 15 is 0 Å². The molecule has 0 aliphatic rings. The predicted octanol–water partition coefficient (Wildman–Crippen LogP) is 3.51. The zero-order valence-electron chi connectivity index (χ0n) is 14.9. The lowest BCUT2D eigenvalue weighted by Gasteiger charge is -2.07. The van der Waals surface area contributed by atoms with E-state index in [1.807, 2.05) is 42.5 Å². The Morgan fingerprint density at radius 1 is 1.00 bits per heavy atom. The summed E-state index contributed by atoms with van der Waals surface area (Å²) in [4.78, 5) is 36.7. The van der Waals surface area contributed by atoms with Crippen LogP contribution >= 0.6 is 11.3 Å². The summed E-state index contributed by atoms with van der Waals surface area (Å²) in [5.74, 6) is -0.811. The fourth-order valence-electron chi connectivity index (χ4n) is 2.70. The van der Waals surface area contributed by atoms with E-state index in [1.165, 1.54) is 18.3 Å². The van der Waals surface area contributed by atoms with Crippen molar-refractivity contribution in [3.63, 3.8) is 0 Å². The van der Waals surface area contributed by atoms with Gasteiger partial charge in [-0.1, -0.05) is 42.5 Å².